The Balaban J connectivity index is 2.58. The molecule has 2 rings (SSSR count). The van der Waals surface area contributed by atoms with Crippen molar-refractivity contribution in [3.05, 3.63) is 35.2 Å². The first-order valence-corrected chi connectivity index (χ1v) is 6.02. The number of aliphatic hydroxyl groups excluding tert-OH is 1. The van der Waals surface area contributed by atoms with Crippen LogP contribution in [-0.4, -0.2) is 49.2 Å². The molecule has 0 fully saturated rings. The molecule has 0 aliphatic carbocycles. The van der Waals surface area contributed by atoms with Crippen molar-refractivity contribution in [2.45, 2.75) is 6.92 Å². The first-order valence-electron chi connectivity index (χ1n) is 6.02. The van der Waals surface area contributed by atoms with E-state index in [0.29, 0.717) is 6.54 Å². The van der Waals surface area contributed by atoms with Crippen molar-refractivity contribution in [2.24, 2.45) is 0 Å². The van der Waals surface area contributed by atoms with Gasteiger partial charge in [-0.05, 0) is 6.92 Å². The van der Waals surface area contributed by atoms with Gasteiger partial charge in [-0.15, -0.1) is 0 Å². The summed E-state index contributed by atoms with van der Waals surface area (Å²) in [6, 6.07) is 0. The molecule has 0 aliphatic rings. The first-order chi connectivity index (χ1) is 9.69. The number of nitrogens with zero attached hydrogens (tertiary/aromatic N) is 6. The van der Waals surface area contributed by atoms with E-state index in [1.807, 2.05) is 6.92 Å². The molecular weight excluding hydrogens is 264 g/mol. The predicted octanol–water partition coefficient (Wildman–Crippen LogP) is 0.389. The SMILES string of the molecule is CCN(CCO)c1ncnc(-n2ccnc2)c1[N+](=O)[O-]. The zero-order valence-corrected chi connectivity index (χ0v) is 10.9. The summed E-state index contributed by atoms with van der Waals surface area (Å²) in [7, 11) is 0. The monoisotopic (exact) mass is 278 g/mol. The van der Waals surface area contributed by atoms with Gasteiger partial charge in [-0.1, -0.05) is 0 Å². The second kappa shape index (κ2) is 6.06. The molecular formula is C11H14N6O3. The van der Waals surface area contributed by atoms with Gasteiger partial charge in [0.1, 0.15) is 12.7 Å². The van der Waals surface area contributed by atoms with Gasteiger partial charge in [0, 0.05) is 25.5 Å². The number of aliphatic hydroxyl groups is 1. The summed E-state index contributed by atoms with van der Waals surface area (Å²) in [4.78, 5) is 24.3. The van der Waals surface area contributed by atoms with Crippen LogP contribution in [0, 0.1) is 10.1 Å². The fraction of sp³-hybridized carbons (Fsp3) is 0.364. The molecule has 9 heteroatoms. The fourth-order valence-corrected chi connectivity index (χ4v) is 1.86. The van der Waals surface area contributed by atoms with Crippen LogP contribution in [0.4, 0.5) is 11.5 Å². The molecule has 0 radical (unpaired) electrons. The lowest BCUT2D eigenvalue weighted by atomic mass is 10.3. The Morgan fingerprint density at radius 3 is 2.85 bits per heavy atom. The highest BCUT2D eigenvalue weighted by Gasteiger charge is 2.27. The van der Waals surface area contributed by atoms with Gasteiger partial charge in [0.2, 0.25) is 11.6 Å². The van der Waals surface area contributed by atoms with Crippen molar-refractivity contribution in [2.75, 3.05) is 24.6 Å². The topological polar surface area (TPSA) is 110 Å². The Labute approximate surface area is 114 Å². The molecule has 0 bridgehead atoms. The third-order valence-electron chi connectivity index (χ3n) is 2.77. The third-order valence-corrected chi connectivity index (χ3v) is 2.77. The van der Waals surface area contributed by atoms with Gasteiger partial charge in [-0.3, -0.25) is 14.7 Å². The summed E-state index contributed by atoms with van der Waals surface area (Å²) in [5.41, 5.74) is -0.208. The normalized spacial score (nSPS) is 10.5. The lowest BCUT2D eigenvalue weighted by Gasteiger charge is -2.20. The molecule has 0 aliphatic heterocycles. The average molecular weight is 278 g/mol. The second-order valence-corrected chi connectivity index (χ2v) is 3.90. The number of aromatic nitrogens is 4. The molecule has 0 unspecified atom stereocenters. The van der Waals surface area contributed by atoms with Crippen LogP contribution in [0.15, 0.2) is 25.0 Å². The second-order valence-electron chi connectivity index (χ2n) is 3.90. The Morgan fingerprint density at radius 1 is 1.50 bits per heavy atom. The van der Waals surface area contributed by atoms with Crippen LogP contribution in [0.5, 0.6) is 0 Å². The maximum absolute atomic E-state index is 11.4. The zero-order chi connectivity index (χ0) is 14.5. The van der Waals surface area contributed by atoms with E-state index < -0.39 is 4.92 Å². The van der Waals surface area contributed by atoms with E-state index in [-0.39, 0.29) is 30.5 Å². The van der Waals surface area contributed by atoms with E-state index in [9.17, 15) is 10.1 Å². The first kappa shape index (κ1) is 13.9. The minimum absolute atomic E-state index is 0.116. The van der Waals surface area contributed by atoms with Crippen molar-refractivity contribution < 1.29 is 10.0 Å². The van der Waals surface area contributed by atoms with Crippen LogP contribution in [0.25, 0.3) is 5.82 Å². The van der Waals surface area contributed by atoms with Crippen LogP contribution in [0.1, 0.15) is 6.92 Å². The van der Waals surface area contributed by atoms with E-state index in [0.717, 1.165) is 0 Å². The van der Waals surface area contributed by atoms with Gasteiger partial charge >= 0.3 is 5.69 Å². The van der Waals surface area contributed by atoms with E-state index in [2.05, 4.69) is 15.0 Å². The van der Waals surface area contributed by atoms with E-state index in [1.165, 1.54) is 23.4 Å². The molecule has 2 aromatic rings. The van der Waals surface area contributed by atoms with Gasteiger partial charge < -0.3 is 10.0 Å². The van der Waals surface area contributed by atoms with Crippen molar-refractivity contribution in [1.29, 1.82) is 0 Å². The number of anilines is 1. The quantitative estimate of drug-likeness (QED) is 0.601. The molecule has 0 spiro atoms. The molecule has 2 aromatic heterocycles. The Morgan fingerprint density at radius 2 is 2.30 bits per heavy atom. The molecule has 106 valence electrons. The minimum atomic E-state index is -0.523. The summed E-state index contributed by atoms with van der Waals surface area (Å²) < 4.78 is 1.45. The Bertz CT molecular complexity index is 586. The summed E-state index contributed by atoms with van der Waals surface area (Å²) in [6.45, 7) is 2.47. The standard InChI is InChI=1S/C11H14N6O3/c1-2-15(5-6-18)10-9(17(19)20)11(14-7-13-10)16-4-3-12-8-16/h3-4,7-8,18H,2,5-6H2,1H3. The number of rotatable bonds is 6. The summed E-state index contributed by atoms with van der Waals surface area (Å²) in [5.74, 6) is 0.333. The van der Waals surface area contributed by atoms with Crippen LogP contribution in [-0.2, 0) is 0 Å². The van der Waals surface area contributed by atoms with Gasteiger partial charge in [0.05, 0.1) is 11.5 Å². The maximum Gasteiger partial charge on any atom is 0.354 e. The van der Waals surface area contributed by atoms with Crippen LogP contribution >= 0.6 is 0 Å². The smallest absolute Gasteiger partial charge is 0.354 e. The lowest BCUT2D eigenvalue weighted by Crippen LogP contribution is -2.28. The highest BCUT2D eigenvalue weighted by Crippen LogP contribution is 2.30. The van der Waals surface area contributed by atoms with Crippen molar-refractivity contribution in [3.63, 3.8) is 0 Å². The molecule has 1 N–H and O–H groups in total. The fourth-order valence-electron chi connectivity index (χ4n) is 1.86. The molecule has 0 amide bonds. The van der Waals surface area contributed by atoms with E-state index in [4.69, 9.17) is 5.11 Å². The Kier molecular flexibility index (Phi) is 4.20. The molecule has 9 nitrogen and oxygen atoms in total. The molecule has 0 saturated carbocycles. The molecule has 20 heavy (non-hydrogen) atoms. The molecule has 2 heterocycles. The van der Waals surface area contributed by atoms with Crippen LogP contribution in [0.2, 0.25) is 0 Å². The number of nitro groups is 1. The van der Waals surface area contributed by atoms with Gasteiger partial charge in [0.25, 0.3) is 0 Å². The molecule has 0 saturated heterocycles. The van der Waals surface area contributed by atoms with Gasteiger partial charge in [-0.25, -0.2) is 15.0 Å². The number of imidazole rings is 1. The summed E-state index contributed by atoms with van der Waals surface area (Å²) in [5, 5.41) is 20.4. The van der Waals surface area contributed by atoms with E-state index >= 15 is 0 Å². The summed E-state index contributed by atoms with van der Waals surface area (Å²) in [6.07, 6.45) is 5.78. The third kappa shape index (κ3) is 2.57. The van der Waals surface area contributed by atoms with Crippen molar-refractivity contribution in [1.82, 2.24) is 19.5 Å². The highest BCUT2D eigenvalue weighted by molar-refractivity contribution is 5.65. The average Bonchev–Trinajstić information content (AvgIpc) is 2.97. The lowest BCUT2D eigenvalue weighted by molar-refractivity contribution is -0.384. The molecule has 0 aromatic carbocycles. The van der Waals surface area contributed by atoms with Crippen molar-refractivity contribution >= 4 is 11.5 Å². The van der Waals surface area contributed by atoms with Crippen LogP contribution in [0.3, 0.4) is 0 Å². The minimum Gasteiger partial charge on any atom is -0.395 e. The van der Waals surface area contributed by atoms with E-state index in [1.54, 1.807) is 11.1 Å². The van der Waals surface area contributed by atoms with Gasteiger partial charge in [0.15, 0.2) is 0 Å². The van der Waals surface area contributed by atoms with Crippen LogP contribution < -0.4 is 4.90 Å². The number of likely N-dealkylation sites (N-methyl/N-ethyl adjacent to an activating group) is 1. The zero-order valence-electron chi connectivity index (χ0n) is 10.9. The number of hydrogen-bond donors (Lipinski definition) is 1. The highest BCUT2D eigenvalue weighted by atomic mass is 16.6. The summed E-state index contributed by atoms with van der Waals surface area (Å²) >= 11 is 0. The maximum atomic E-state index is 11.4. The molecule has 0 atom stereocenters. The largest absolute Gasteiger partial charge is 0.395 e. The van der Waals surface area contributed by atoms with Crippen molar-refractivity contribution in [3.8, 4) is 5.82 Å². The van der Waals surface area contributed by atoms with Gasteiger partial charge in [-0.2, -0.15) is 0 Å². The Hall–Kier alpha value is -2.55. The number of hydrogen-bond acceptors (Lipinski definition) is 7. The predicted molar refractivity (Wildman–Crippen MR) is 70.8 cm³/mol.